The molecule has 8 nitrogen and oxygen atoms in total. The molecule has 10 heteroatoms. The van der Waals surface area contributed by atoms with Crippen LogP contribution in [0.25, 0.3) is 11.1 Å². The Morgan fingerprint density at radius 2 is 2.12 bits per heavy atom. The van der Waals surface area contributed by atoms with Gasteiger partial charge in [-0.05, 0) is 48.6 Å². The molecule has 0 unspecified atom stereocenters. The van der Waals surface area contributed by atoms with Crippen LogP contribution in [0.2, 0.25) is 5.02 Å². The van der Waals surface area contributed by atoms with Crippen LogP contribution < -0.4 is 10.9 Å². The fraction of sp³-hybridized carbons (Fsp3) is 0.273. The minimum Gasteiger partial charge on any atom is -0.392 e. The Morgan fingerprint density at radius 3 is 2.94 bits per heavy atom. The van der Waals surface area contributed by atoms with Crippen LogP contribution in [0.3, 0.4) is 0 Å². The molecule has 2 bridgehead atoms. The zero-order valence-electron chi connectivity index (χ0n) is 16.8. The molecule has 1 saturated heterocycles. The number of aliphatic hydroxyl groups excluding tert-OH is 1. The van der Waals surface area contributed by atoms with E-state index in [1.54, 1.807) is 11.0 Å². The number of aromatic amines is 1. The second-order valence-corrected chi connectivity index (χ2v) is 8.39. The van der Waals surface area contributed by atoms with Gasteiger partial charge in [-0.1, -0.05) is 11.6 Å². The maximum Gasteiger partial charge on any atom is 0.322 e. The van der Waals surface area contributed by atoms with Crippen LogP contribution in [-0.4, -0.2) is 37.3 Å². The number of carbonyl (C=O) groups is 1. The average molecular weight is 456 g/mol. The number of amides is 2. The van der Waals surface area contributed by atoms with Gasteiger partial charge in [0.25, 0.3) is 5.56 Å². The topological polar surface area (TPSA) is 111 Å². The summed E-state index contributed by atoms with van der Waals surface area (Å²) < 4.78 is 14.9. The van der Waals surface area contributed by atoms with Gasteiger partial charge in [-0.2, -0.15) is 5.10 Å². The van der Waals surface area contributed by atoms with Gasteiger partial charge >= 0.3 is 6.03 Å². The zero-order chi connectivity index (χ0) is 22.4. The zero-order valence-corrected chi connectivity index (χ0v) is 17.6. The van der Waals surface area contributed by atoms with Gasteiger partial charge in [-0.25, -0.2) is 14.3 Å². The second kappa shape index (κ2) is 7.99. The Balaban J connectivity index is 1.41. The van der Waals surface area contributed by atoms with Gasteiger partial charge in [-0.3, -0.25) is 9.78 Å². The number of nitrogens with one attached hydrogen (secondary N) is 2. The number of urea groups is 1. The van der Waals surface area contributed by atoms with Gasteiger partial charge in [0, 0.05) is 35.6 Å². The highest BCUT2D eigenvalue weighted by molar-refractivity contribution is 6.33. The summed E-state index contributed by atoms with van der Waals surface area (Å²) in [5.74, 6) is -0.639. The molecular formula is C22H19ClFN5O3. The summed E-state index contributed by atoms with van der Waals surface area (Å²) in [6.45, 7) is -0.195. The van der Waals surface area contributed by atoms with Gasteiger partial charge in [0.1, 0.15) is 5.82 Å². The molecule has 164 valence electrons. The van der Waals surface area contributed by atoms with Gasteiger partial charge < -0.3 is 15.3 Å². The molecule has 0 radical (unpaired) electrons. The number of anilines is 1. The first kappa shape index (κ1) is 20.6. The van der Waals surface area contributed by atoms with E-state index in [0.29, 0.717) is 28.8 Å². The molecule has 2 aliphatic rings. The molecular weight excluding hydrogens is 437 g/mol. The van der Waals surface area contributed by atoms with Crippen molar-refractivity contribution in [3.05, 3.63) is 74.7 Å². The largest absolute Gasteiger partial charge is 0.392 e. The van der Waals surface area contributed by atoms with Crippen LogP contribution in [-0.2, 0) is 13.0 Å². The third-order valence-electron chi connectivity index (χ3n) is 6.02. The first-order chi connectivity index (χ1) is 15.4. The van der Waals surface area contributed by atoms with Crippen LogP contribution in [0.5, 0.6) is 0 Å². The molecule has 1 fully saturated rings. The second-order valence-electron chi connectivity index (χ2n) is 7.98. The third-order valence-corrected chi connectivity index (χ3v) is 6.33. The number of carbonyl (C=O) groups excluding carboxylic acids is 1. The number of aromatic nitrogens is 3. The van der Waals surface area contributed by atoms with E-state index in [9.17, 15) is 19.1 Å². The SMILES string of the molecule is O=C(Nc1cc(Cl)c(-c2cncc(CO)c2)cc1F)N1[C@H]2CC[C@@H]1c1n[nH]c(=O)cc1C2. The minimum absolute atomic E-state index is 0.0327. The third kappa shape index (κ3) is 3.53. The first-order valence-corrected chi connectivity index (χ1v) is 10.5. The predicted octanol–water partition coefficient (Wildman–Crippen LogP) is 3.41. The van der Waals surface area contributed by atoms with Crippen molar-refractivity contribution in [2.24, 2.45) is 0 Å². The van der Waals surface area contributed by atoms with Crippen molar-refractivity contribution in [2.75, 3.05) is 5.32 Å². The standard InChI is InChI=1S/C22H19ClFN5O3/c23-16-7-18(17(24)6-15(16)13-3-11(10-30)8-25-9-13)26-22(32)29-14-1-2-19(29)21-12(4-14)5-20(31)27-28-21/h3,5-9,14,19,30H,1-2,4,10H2,(H,26,32)(H,27,31)/t14-,19+/m0/s1. The van der Waals surface area contributed by atoms with E-state index < -0.39 is 11.8 Å². The average Bonchev–Trinajstić information content (AvgIpc) is 3.11. The molecule has 4 heterocycles. The molecule has 2 atom stereocenters. The molecule has 32 heavy (non-hydrogen) atoms. The van der Waals surface area contributed by atoms with E-state index in [0.717, 1.165) is 18.4 Å². The number of aliphatic hydroxyl groups is 1. The lowest BCUT2D eigenvalue weighted by molar-refractivity contribution is 0.177. The van der Waals surface area contributed by atoms with Crippen molar-refractivity contribution in [3.63, 3.8) is 0 Å². The fourth-order valence-electron chi connectivity index (χ4n) is 4.58. The van der Waals surface area contributed by atoms with Gasteiger partial charge in [-0.15, -0.1) is 0 Å². The molecule has 5 rings (SSSR count). The van der Waals surface area contributed by atoms with Gasteiger partial charge in [0.2, 0.25) is 0 Å². The lowest BCUT2D eigenvalue weighted by atomic mass is 9.99. The maximum absolute atomic E-state index is 14.9. The van der Waals surface area contributed by atoms with E-state index in [1.165, 1.54) is 30.6 Å². The van der Waals surface area contributed by atoms with E-state index in [-0.39, 0.29) is 35.0 Å². The highest BCUT2D eigenvalue weighted by atomic mass is 35.5. The number of benzene rings is 1. The normalized spacial score (nSPS) is 19.0. The van der Waals surface area contributed by atoms with E-state index in [2.05, 4.69) is 20.5 Å². The van der Waals surface area contributed by atoms with E-state index in [4.69, 9.17) is 11.6 Å². The maximum atomic E-state index is 14.9. The van der Waals surface area contributed by atoms with Crippen LogP contribution in [0.4, 0.5) is 14.9 Å². The molecule has 2 aromatic heterocycles. The van der Waals surface area contributed by atoms with Crippen LogP contribution in [0, 0.1) is 5.82 Å². The summed E-state index contributed by atoms with van der Waals surface area (Å²) in [5.41, 5.74) is 2.77. The van der Waals surface area contributed by atoms with Crippen molar-refractivity contribution in [2.45, 2.75) is 38.0 Å². The molecule has 3 N–H and O–H groups in total. The Labute approximate surface area is 187 Å². The van der Waals surface area contributed by atoms with Crippen molar-refractivity contribution >= 4 is 23.3 Å². The molecule has 3 aromatic rings. The summed E-state index contributed by atoms with van der Waals surface area (Å²) in [7, 11) is 0. The van der Waals surface area contributed by atoms with Crippen LogP contribution >= 0.6 is 11.6 Å². The number of halogens is 2. The molecule has 0 aliphatic carbocycles. The Morgan fingerprint density at radius 1 is 1.28 bits per heavy atom. The van der Waals surface area contributed by atoms with E-state index >= 15 is 0 Å². The van der Waals surface area contributed by atoms with Gasteiger partial charge in [0.05, 0.1) is 29.1 Å². The monoisotopic (exact) mass is 455 g/mol. The number of H-pyrrole nitrogens is 1. The fourth-order valence-corrected chi connectivity index (χ4v) is 4.85. The number of fused-ring (bicyclic) bond motifs is 4. The summed E-state index contributed by atoms with van der Waals surface area (Å²) in [6, 6.07) is 5.01. The number of pyridine rings is 1. The van der Waals surface area contributed by atoms with Crippen molar-refractivity contribution in [1.29, 1.82) is 0 Å². The quantitative estimate of drug-likeness (QED) is 0.560. The lowest BCUT2D eigenvalue weighted by Gasteiger charge is -2.35. The number of hydrogen-bond donors (Lipinski definition) is 3. The van der Waals surface area contributed by atoms with Crippen LogP contribution in [0.1, 0.15) is 35.7 Å². The molecule has 2 amide bonds. The smallest absolute Gasteiger partial charge is 0.322 e. The molecule has 0 spiro atoms. The number of nitrogens with zero attached hydrogens (tertiary/aromatic N) is 3. The molecule has 1 aromatic carbocycles. The summed E-state index contributed by atoms with van der Waals surface area (Å²) >= 11 is 6.39. The minimum atomic E-state index is -0.639. The van der Waals surface area contributed by atoms with E-state index in [1.807, 2.05) is 0 Å². The highest BCUT2D eigenvalue weighted by Gasteiger charge is 2.44. The van der Waals surface area contributed by atoms with Gasteiger partial charge in [0.15, 0.2) is 0 Å². The van der Waals surface area contributed by atoms with Crippen LogP contribution in [0.15, 0.2) is 41.5 Å². The lowest BCUT2D eigenvalue weighted by Crippen LogP contribution is -2.45. The van der Waals surface area contributed by atoms with Crippen molar-refractivity contribution in [1.82, 2.24) is 20.1 Å². The number of rotatable bonds is 3. The molecule has 0 saturated carbocycles. The van der Waals surface area contributed by atoms with Crippen molar-refractivity contribution in [3.8, 4) is 11.1 Å². The first-order valence-electron chi connectivity index (χ1n) is 10.2. The van der Waals surface area contributed by atoms with Crippen molar-refractivity contribution < 1.29 is 14.3 Å². The highest BCUT2D eigenvalue weighted by Crippen LogP contribution is 2.42. The molecule has 2 aliphatic heterocycles. The predicted molar refractivity (Wildman–Crippen MR) is 116 cm³/mol. The Kier molecular flexibility index (Phi) is 5.15. The summed E-state index contributed by atoms with van der Waals surface area (Å²) in [6.07, 6.45) is 5.07. The summed E-state index contributed by atoms with van der Waals surface area (Å²) in [4.78, 5) is 30.4. The Hall–Kier alpha value is -3.30. The summed E-state index contributed by atoms with van der Waals surface area (Å²) in [5, 5.41) is 18.8. The number of hydrogen-bond acceptors (Lipinski definition) is 5. The Bertz CT molecular complexity index is 1280.